The number of carboxylic acids is 1. The van der Waals surface area contributed by atoms with Gasteiger partial charge in [0, 0.05) is 12.8 Å². The van der Waals surface area contributed by atoms with E-state index in [1.54, 1.807) is 24.3 Å². The van der Waals surface area contributed by atoms with Crippen molar-refractivity contribution in [2.24, 2.45) is 0 Å². The molecule has 132 valence electrons. The maximum atomic E-state index is 13.7. The van der Waals surface area contributed by atoms with Gasteiger partial charge in [-0.15, -0.1) is 6.58 Å². The average molecular weight is 346 g/mol. The van der Waals surface area contributed by atoms with Crippen LogP contribution in [0.15, 0.2) is 47.5 Å². The van der Waals surface area contributed by atoms with Crippen LogP contribution < -0.4 is 5.32 Å². The third-order valence-electron chi connectivity index (χ3n) is 3.55. The molecular formula is C18H19FN2O4. The molecule has 1 unspecified atom stereocenters. The van der Waals surface area contributed by atoms with Crippen molar-refractivity contribution in [2.75, 3.05) is 0 Å². The van der Waals surface area contributed by atoms with Crippen molar-refractivity contribution in [3.8, 4) is 11.3 Å². The minimum Gasteiger partial charge on any atom is -0.480 e. The fraction of sp³-hybridized carbons (Fsp3) is 0.278. The second-order valence-electron chi connectivity index (χ2n) is 5.42. The van der Waals surface area contributed by atoms with Gasteiger partial charge in [0.15, 0.2) is 11.7 Å². The predicted octanol–water partition coefficient (Wildman–Crippen LogP) is 2.95. The Balaban J connectivity index is 1.91. The van der Waals surface area contributed by atoms with Crippen LogP contribution in [0.2, 0.25) is 0 Å². The van der Waals surface area contributed by atoms with E-state index >= 15 is 0 Å². The summed E-state index contributed by atoms with van der Waals surface area (Å²) in [6.45, 7) is 3.53. The Hall–Kier alpha value is -2.96. The molecule has 25 heavy (non-hydrogen) atoms. The van der Waals surface area contributed by atoms with Gasteiger partial charge in [-0.25, -0.2) is 14.2 Å². The van der Waals surface area contributed by atoms with Crippen molar-refractivity contribution in [1.82, 2.24) is 10.3 Å². The van der Waals surface area contributed by atoms with E-state index in [1.807, 2.05) is 0 Å². The van der Waals surface area contributed by atoms with Gasteiger partial charge in [-0.05, 0) is 25.0 Å². The zero-order valence-corrected chi connectivity index (χ0v) is 13.6. The van der Waals surface area contributed by atoms with E-state index < -0.39 is 23.7 Å². The molecule has 1 atom stereocenters. The monoisotopic (exact) mass is 346 g/mol. The second kappa shape index (κ2) is 8.77. The molecule has 0 radical (unpaired) electrons. The molecule has 1 aromatic carbocycles. The number of hydrogen-bond donors (Lipinski definition) is 2. The summed E-state index contributed by atoms with van der Waals surface area (Å²) in [6, 6.07) is 5.20. The average Bonchev–Trinajstić information content (AvgIpc) is 3.05. The molecule has 1 amide bonds. The molecule has 1 aromatic heterocycles. The summed E-state index contributed by atoms with van der Waals surface area (Å²) in [5, 5.41) is 11.5. The molecule has 2 N–H and O–H groups in total. The maximum absolute atomic E-state index is 13.7. The summed E-state index contributed by atoms with van der Waals surface area (Å²) in [7, 11) is 0. The SMILES string of the molecule is C=CCCC(NC(=O)CCc1ncc(-c2ccccc2F)o1)C(=O)O. The first-order valence-corrected chi connectivity index (χ1v) is 7.84. The summed E-state index contributed by atoms with van der Waals surface area (Å²) >= 11 is 0. The number of halogens is 1. The predicted molar refractivity (Wildman–Crippen MR) is 89.2 cm³/mol. The zero-order valence-electron chi connectivity index (χ0n) is 13.6. The molecule has 1 heterocycles. The molecule has 0 fully saturated rings. The number of aryl methyl sites for hydroxylation is 1. The summed E-state index contributed by atoms with van der Waals surface area (Å²) in [5.41, 5.74) is 0.293. The highest BCUT2D eigenvalue weighted by molar-refractivity contribution is 5.83. The molecule has 0 saturated heterocycles. The van der Waals surface area contributed by atoms with Crippen LogP contribution in [-0.2, 0) is 16.0 Å². The number of oxazole rings is 1. The number of carboxylic acid groups (broad SMARTS) is 1. The molecule has 0 aliphatic rings. The lowest BCUT2D eigenvalue weighted by Gasteiger charge is -2.13. The van der Waals surface area contributed by atoms with Crippen molar-refractivity contribution in [3.63, 3.8) is 0 Å². The van der Waals surface area contributed by atoms with E-state index in [-0.39, 0.29) is 30.9 Å². The number of benzene rings is 1. The number of aliphatic carboxylic acids is 1. The van der Waals surface area contributed by atoms with Crippen LogP contribution in [-0.4, -0.2) is 28.0 Å². The van der Waals surface area contributed by atoms with E-state index in [1.165, 1.54) is 12.3 Å². The standard InChI is InChI=1S/C18H19FN2O4/c1-2-3-8-14(18(23)24)21-16(22)9-10-17-20-11-15(25-17)12-6-4-5-7-13(12)19/h2,4-7,11,14H,1,3,8-10H2,(H,21,22)(H,23,24). The smallest absolute Gasteiger partial charge is 0.326 e. The largest absolute Gasteiger partial charge is 0.480 e. The van der Waals surface area contributed by atoms with Gasteiger partial charge in [-0.3, -0.25) is 4.79 Å². The zero-order chi connectivity index (χ0) is 18.2. The van der Waals surface area contributed by atoms with Crippen molar-refractivity contribution in [3.05, 3.63) is 54.8 Å². The minimum atomic E-state index is -1.09. The Bertz CT molecular complexity index is 757. The number of nitrogens with one attached hydrogen (secondary N) is 1. The lowest BCUT2D eigenvalue weighted by atomic mass is 10.1. The molecular weight excluding hydrogens is 327 g/mol. The van der Waals surface area contributed by atoms with Crippen LogP contribution in [0, 0.1) is 5.82 Å². The summed E-state index contributed by atoms with van der Waals surface area (Å²) in [5.74, 6) is -1.36. The van der Waals surface area contributed by atoms with E-state index in [9.17, 15) is 14.0 Å². The Morgan fingerprint density at radius 1 is 1.40 bits per heavy atom. The second-order valence-corrected chi connectivity index (χ2v) is 5.42. The highest BCUT2D eigenvalue weighted by Crippen LogP contribution is 2.23. The number of carbonyl (C=O) groups excluding carboxylic acids is 1. The third kappa shape index (κ3) is 5.27. The van der Waals surface area contributed by atoms with Crippen molar-refractivity contribution >= 4 is 11.9 Å². The Morgan fingerprint density at radius 3 is 2.84 bits per heavy atom. The van der Waals surface area contributed by atoms with Crippen LogP contribution in [0.4, 0.5) is 4.39 Å². The van der Waals surface area contributed by atoms with Crippen LogP contribution >= 0.6 is 0 Å². The fourth-order valence-corrected chi connectivity index (χ4v) is 2.24. The summed E-state index contributed by atoms with van der Waals surface area (Å²) in [6.07, 6.45) is 3.97. The summed E-state index contributed by atoms with van der Waals surface area (Å²) < 4.78 is 19.2. The molecule has 0 bridgehead atoms. The first-order chi connectivity index (χ1) is 12.0. The number of nitrogens with zero attached hydrogens (tertiary/aromatic N) is 1. The molecule has 0 aliphatic carbocycles. The lowest BCUT2D eigenvalue weighted by molar-refractivity contribution is -0.142. The molecule has 2 aromatic rings. The fourth-order valence-electron chi connectivity index (χ4n) is 2.24. The van der Waals surface area contributed by atoms with Crippen LogP contribution in [0.3, 0.4) is 0 Å². The number of aromatic nitrogens is 1. The van der Waals surface area contributed by atoms with E-state index in [4.69, 9.17) is 9.52 Å². The van der Waals surface area contributed by atoms with Crippen molar-refractivity contribution < 1.29 is 23.5 Å². The van der Waals surface area contributed by atoms with Gasteiger partial charge in [0.2, 0.25) is 5.91 Å². The Morgan fingerprint density at radius 2 is 2.16 bits per heavy atom. The first-order valence-electron chi connectivity index (χ1n) is 7.84. The molecule has 0 aliphatic heterocycles. The van der Waals surface area contributed by atoms with E-state index in [2.05, 4.69) is 16.9 Å². The number of amides is 1. The highest BCUT2D eigenvalue weighted by atomic mass is 19.1. The number of carbonyl (C=O) groups is 2. The maximum Gasteiger partial charge on any atom is 0.326 e. The Labute approximate surface area is 144 Å². The molecule has 6 nitrogen and oxygen atoms in total. The first kappa shape index (κ1) is 18.4. The van der Waals surface area contributed by atoms with Crippen molar-refractivity contribution in [1.29, 1.82) is 0 Å². The normalized spacial score (nSPS) is 11.7. The van der Waals surface area contributed by atoms with Gasteiger partial charge in [-0.2, -0.15) is 0 Å². The highest BCUT2D eigenvalue weighted by Gasteiger charge is 2.19. The molecule has 0 saturated carbocycles. The van der Waals surface area contributed by atoms with Crippen LogP contribution in [0.1, 0.15) is 25.2 Å². The van der Waals surface area contributed by atoms with Gasteiger partial charge in [0.1, 0.15) is 11.9 Å². The topological polar surface area (TPSA) is 92.4 Å². The van der Waals surface area contributed by atoms with Crippen molar-refractivity contribution in [2.45, 2.75) is 31.7 Å². The van der Waals surface area contributed by atoms with Crippen LogP contribution in [0.5, 0.6) is 0 Å². The number of rotatable bonds is 9. The lowest BCUT2D eigenvalue weighted by Crippen LogP contribution is -2.40. The van der Waals surface area contributed by atoms with E-state index in [0.29, 0.717) is 12.0 Å². The Kier molecular flexibility index (Phi) is 6.45. The van der Waals surface area contributed by atoms with Gasteiger partial charge in [0.05, 0.1) is 11.8 Å². The van der Waals surface area contributed by atoms with E-state index in [0.717, 1.165) is 0 Å². The minimum absolute atomic E-state index is 0.0229. The van der Waals surface area contributed by atoms with Gasteiger partial charge in [0.25, 0.3) is 0 Å². The molecule has 2 rings (SSSR count). The molecule has 0 spiro atoms. The van der Waals surface area contributed by atoms with Gasteiger partial charge >= 0.3 is 5.97 Å². The number of allylic oxidation sites excluding steroid dienone is 1. The van der Waals surface area contributed by atoms with Crippen LogP contribution in [0.25, 0.3) is 11.3 Å². The third-order valence-corrected chi connectivity index (χ3v) is 3.55. The summed E-state index contributed by atoms with van der Waals surface area (Å²) in [4.78, 5) is 27.0. The number of hydrogen-bond acceptors (Lipinski definition) is 4. The quantitative estimate of drug-likeness (QED) is 0.681. The van der Waals surface area contributed by atoms with Gasteiger partial charge < -0.3 is 14.8 Å². The molecule has 7 heteroatoms. The van der Waals surface area contributed by atoms with Gasteiger partial charge in [-0.1, -0.05) is 18.2 Å².